The molecule has 2 aromatic carbocycles. The Kier molecular flexibility index (Phi) is 13.8. The van der Waals surface area contributed by atoms with Crippen LogP contribution in [0.3, 0.4) is 0 Å². The topological polar surface area (TPSA) is 187 Å². The van der Waals surface area contributed by atoms with Crippen molar-refractivity contribution >= 4 is 29.8 Å². The van der Waals surface area contributed by atoms with E-state index in [1.54, 1.807) is 90.1 Å². The fraction of sp³-hybridized carbons (Fsp3) is 0.429. The summed E-state index contributed by atoms with van der Waals surface area (Å²) < 4.78 is 64.0. The molecule has 3 rings (SSSR count). The van der Waals surface area contributed by atoms with Gasteiger partial charge in [-0.25, -0.2) is 9.59 Å². The van der Waals surface area contributed by atoms with E-state index in [1.807, 2.05) is 0 Å². The highest BCUT2D eigenvalue weighted by molar-refractivity contribution is 6.03. The molecule has 0 fully saturated rings. The van der Waals surface area contributed by atoms with Gasteiger partial charge in [0.05, 0.1) is 13.2 Å². The highest BCUT2D eigenvalue weighted by atomic mass is 19.4. The SMILES string of the molecule is CC(C)(C)OC(=O)/N=C(\N)c1ccc(OCCCn2ccn(CCCOc3ccc(/C(N)=N/C(=O)OC(C)(C)C)cc3)c2=NC(=O)C(F)(F)F)cc1. The molecule has 0 spiro atoms. The molecule has 14 nitrogen and oxygen atoms in total. The molecule has 0 aliphatic carbocycles. The Morgan fingerprint density at radius 2 is 1.02 bits per heavy atom. The highest BCUT2D eigenvalue weighted by Crippen LogP contribution is 2.17. The lowest BCUT2D eigenvalue weighted by atomic mass is 10.2. The normalized spacial score (nSPS) is 12.6. The van der Waals surface area contributed by atoms with Crippen molar-refractivity contribution < 1.29 is 46.5 Å². The minimum absolute atomic E-state index is 0.0265. The summed E-state index contributed by atoms with van der Waals surface area (Å²) in [7, 11) is 0. The zero-order chi connectivity index (χ0) is 38.7. The number of carbonyl (C=O) groups is 3. The van der Waals surface area contributed by atoms with Crippen LogP contribution in [0.15, 0.2) is 75.9 Å². The molecule has 282 valence electrons. The Balaban J connectivity index is 1.57. The molecule has 17 heteroatoms. The third-order valence-corrected chi connectivity index (χ3v) is 6.52. The summed E-state index contributed by atoms with van der Waals surface area (Å²) in [6.07, 6.45) is -2.96. The summed E-state index contributed by atoms with van der Waals surface area (Å²) in [5, 5.41) is 0. The lowest BCUT2D eigenvalue weighted by Crippen LogP contribution is -2.32. The molecule has 3 amide bonds. The molecule has 1 aromatic heterocycles. The quantitative estimate of drug-likeness (QED) is 0.138. The van der Waals surface area contributed by atoms with Gasteiger partial charge in [0.25, 0.3) is 0 Å². The van der Waals surface area contributed by atoms with Crippen molar-refractivity contribution in [2.75, 3.05) is 13.2 Å². The molecule has 0 saturated carbocycles. The van der Waals surface area contributed by atoms with E-state index in [0.29, 0.717) is 35.5 Å². The number of aliphatic imine (C=N–C) groups is 2. The van der Waals surface area contributed by atoms with Crippen LogP contribution in [0.25, 0.3) is 0 Å². The molecule has 3 aromatic rings. The Labute approximate surface area is 298 Å². The maximum Gasteiger partial charge on any atom is 0.473 e. The van der Waals surface area contributed by atoms with E-state index < -0.39 is 35.5 Å². The predicted molar refractivity (Wildman–Crippen MR) is 186 cm³/mol. The molecule has 0 aliphatic heterocycles. The molecule has 52 heavy (non-hydrogen) atoms. The first kappa shape index (κ1) is 40.8. The van der Waals surface area contributed by atoms with Crippen LogP contribution < -0.4 is 26.6 Å². The fourth-order valence-electron chi connectivity index (χ4n) is 4.28. The summed E-state index contributed by atoms with van der Waals surface area (Å²) in [5.41, 5.74) is 11.2. The van der Waals surface area contributed by atoms with Crippen molar-refractivity contribution in [2.24, 2.45) is 26.4 Å². The molecule has 4 N–H and O–H groups in total. The minimum Gasteiger partial charge on any atom is -0.494 e. The van der Waals surface area contributed by atoms with Crippen LogP contribution in [0, 0.1) is 0 Å². The Morgan fingerprint density at radius 1 is 0.654 bits per heavy atom. The van der Waals surface area contributed by atoms with Crippen LogP contribution in [-0.2, 0) is 27.4 Å². The zero-order valence-electron chi connectivity index (χ0n) is 29.9. The third kappa shape index (κ3) is 14.0. The average molecular weight is 732 g/mol. The first-order valence-electron chi connectivity index (χ1n) is 16.2. The molecule has 0 bridgehead atoms. The van der Waals surface area contributed by atoms with Crippen LogP contribution in [-0.4, -0.2) is 69.5 Å². The average Bonchev–Trinajstić information content (AvgIpc) is 3.40. The number of amidine groups is 2. The molecule has 0 unspecified atom stereocenters. The summed E-state index contributed by atoms with van der Waals surface area (Å²) in [6, 6.07) is 13.0. The van der Waals surface area contributed by atoms with E-state index in [9.17, 15) is 27.6 Å². The van der Waals surface area contributed by atoms with Gasteiger partial charge in [-0.2, -0.15) is 28.1 Å². The summed E-state index contributed by atoms with van der Waals surface area (Å²) in [5.74, 6) is -1.30. The van der Waals surface area contributed by atoms with Gasteiger partial charge < -0.3 is 39.5 Å². The number of ether oxygens (including phenoxy) is 4. The van der Waals surface area contributed by atoms with Crippen molar-refractivity contribution in [3.05, 3.63) is 77.7 Å². The van der Waals surface area contributed by atoms with E-state index in [4.69, 9.17) is 30.4 Å². The smallest absolute Gasteiger partial charge is 0.473 e. The van der Waals surface area contributed by atoms with Crippen molar-refractivity contribution in [3.63, 3.8) is 0 Å². The number of amides is 3. The van der Waals surface area contributed by atoms with Gasteiger partial charge in [-0.15, -0.1) is 0 Å². The first-order valence-corrected chi connectivity index (χ1v) is 16.2. The van der Waals surface area contributed by atoms with Gasteiger partial charge in [-0.05, 0) is 103 Å². The largest absolute Gasteiger partial charge is 0.494 e. The Bertz CT molecular complexity index is 1700. The zero-order valence-corrected chi connectivity index (χ0v) is 29.9. The highest BCUT2D eigenvalue weighted by Gasteiger charge is 2.38. The standard InChI is InChI=1S/C35H44F3N7O7/c1-33(2,3)51-31(47)41-27(39)23-9-13-25(14-10-23)49-21-7-17-44-19-20-45(30(44)43-29(46)35(36,37)38)18-8-22-50-26-15-11-24(12-16-26)28(40)42-32(48)52-34(4,5)6/h9-16,19-20H,7-8,17-18,21-22H2,1-6H3,(H2,39,41,47)(H2,40,42,48). The number of hydrogen-bond donors (Lipinski definition) is 2. The van der Waals surface area contributed by atoms with E-state index in [1.165, 1.54) is 21.5 Å². The van der Waals surface area contributed by atoms with Gasteiger partial charge in [-0.3, -0.25) is 4.79 Å². The van der Waals surface area contributed by atoms with E-state index in [0.717, 1.165) is 0 Å². The van der Waals surface area contributed by atoms with E-state index in [-0.39, 0.29) is 43.6 Å². The van der Waals surface area contributed by atoms with Gasteiger partial charge >= 0.3 is 24.3 Å². The second-order valence-corrected chi connectivity index (χ2v) is 13.3. The number of alkyl halides is 3. The summed E-state index contributed by atoms with van der Waals surface area (Å²) in [4.78, 5) is 46.5. The second kappa shape index (κ2) is 17.5. The predicted octanol–water partition coefficient (Wildman–Crippen LogP) is 5.50. The van der Waals surface area contributed by atoms with Gasteiger partial charge in [0.2, 0.25) is 5.62 Å². The number of carbonyl (C=O) groups excluding carboxylic acids is 3. The van der Waals surface area contributed by atoms with Crippen LogP contribution in [0.5, 0.6) is 11.5 Å². The number of nitrogens with zero attached hydrogens (tertiary/aromatic N) is 5. The Hall–Kier alpha value is -5.61. The summed E-state index contributed by atoms with van der Waals surface area (Å²) in [6.45, 7) is 11.1. The molecule has 0 aliphatic rings. The number of hydrogen-bond acceptors (Lipinski definition) is 7. The number of imidazole rings is 1. The van der Waals surface area contributed by atoms with E-state index >= 15 is 0 Å². The summed E-state index contributed by atoms with van der Waals surface area (Å²) >= 11 is 0. The van der Waals surface area contributed by atoms with Gasteiger partial charge in [0, 0.05) is 36.6 Å². The van der Waals surface area contributed by atoms with Crippen molar-refractivity contribution in [3.8, 4) is 11.5 Å². The number of aryl methyl sites for hydroxylation is 2. The second-order valence-electron chi connectivity index (χ2n) is 13.3. The minimum atomic E-state index is -5.14. The molecule has 0 radical (unpaired) electrons. The van der Waals surface area contributed by atoms with Crippen molar-refractivity contribution in [2.45, 2.75) is 84.9 Å². The molecule has 0 atom stereocenters. The maximum absolute atomic E-state index is 13.1. The number of nitrogens with two attached hydrogens (primary N) is 2. The maximum atomic E-state index is 13.1. The van der Waals surface area contributed by atoms with Crippen LogP contribution >= 0.6 is 0 Å². The fourth-order valence-corrected chi connectivity index (χ4v) is 4.28. The van der Waals surface area contributed by atoms with Gasteiger partial charge in [-0.1, -0.05) is 0 Å². The number of benzene rings is 2. The first-order chi connectivity index (χ1) is 24.2. The molecule has 0 saturated heterocycles. The lowest BCUT2D eigenvalue weighted by Gasteiger charge is -2.17. The van der Waals surface area contributed by atoms with Crippen molar-refractivity contribution in [1.29, 1.82) is 0 Å². The number of aromatic nitrogens is 2. The monoisotopic (exact) mass is 731 g/mol. The third-order valence-electron chi connectivity index (χ3n) is 6.52. The van der Waals surface area contributed by atoms with Gasteiger partial charge in [0.1, 0.15) is 34.4 Å². The van der Waals surface area contributed by atoms with Crippen LogP contribution in [0.1, 0.15) is 65.5 Å². The van der Waals surface area contributed by atoms with Crippen LogP contribution in [0.2, 0.25) is 0 Å². The molecular formula is C35H44F3N7O7. The Morgan fingerprint density at radius 3 is 1.35 bits per heavy atom. The van der Waals surface area contributed by atoms with Gasteiger partial charge in [0.15, 0.2) is 0 Å². The van der Waals surface area contributed by atoms with Crippen LogP contribution in [0.4, 0.5) is 22.8 Å². The van der Waals surface area contributed by atoms with E-state index in [2.05, 4.69) is 15.0 Å². The number of rotatable bonds is 12. The molecule has 1 heterocycles. The number of halogens is 3. The van der Waals surface area contributed by atoms with Crippen molar-refractivity contribution in [1.82, 2.24) is 9.13 Å². The lowest BCUT2D eigenvalue weighted by molar-refractivity contribution is -0.169. The molecular weight excluding hydrogens is 687 g/mol.